The van der Waals surface area contributed by atoms with E-state index < -0.39 is 0 Å². The Labute approximate surface area is 171 Å². The minimum Gasteiger partial charge on any atom is -0.497 e. The number of carbonyl (C=O) groups is 1. The topological polar surface area (TPSA) is 80.5 Å². The van der Waals surface area contributed by atoms with E-state index in [1.165, 1.54) is 0 Å². The summed E-state index contributed by atoms with van der Waals surface area (Å²) in [5.74, 6) is 0.815. The third kappa shape index (κ3) is 4.40. The van der Waals surface area contributed by atoms with Crippen LogP contribution in [0.4, 0.5) is 0 Å². The Bertz CT molecular complexity index is 993. The van der Waals surface area contributed by atoms with Gasteiger partial charge in [0.2, 0.25) is 0 Å². The summed E-state index contributed by atoms with van der Waals surface area (Å²) in [5, 5.41) is 7.73. The molecule has 1 atom stereocenters. The molecule has 1 N–H and O–H groups in total. The number of amides is 1. The second-order valence-corrected chi connectivity index (χ2v) is 7.66. The number of ether oxygens (including phenoxy) is 1. The number of nitrogens with zero attached hydrogens (tertiary/aromatic N) is 3. The first-order valence-corrected chi connectivity index (χ1v) is 9.67. The predicted octanol–water partition coefficient (Wildman–Crippen LogP) is 3.70. The normalized spacial score (nSPS) is 12.6. The molecule has 2 aromatic heterocycles. The molecule has 1 aromatic carbocycles. The van der Waals surface area contributed by atoms with Gasteiger partial charge in [0.1, 0.15) is 5.75 Å². The minimum absolute atomic E-state index is 0.0234. The van der Waals surface area contributed by atoms with Crippen LogP contribution in [0.15, 0.2) is 34.9 Å². The number of methoxy groups -OCH3 is 1. The van der Waals surface area contributed by atoms with Gasteiger partial charge in [0, 0.05) is 12.2 Å². The average Bonchev–Trinajstić information content (AvgIpc) is 3.08. The number of fused-ring (bicyclic) bond motifs is 1. The maximum atomic E-state index is 13.1. The van der Waals surface area contributed by atoms with Gasteiger partial charge in [-0.1, -0.05) is 31.1 Å². The summed E-state index contributed by atoms with van der Waals surface area (Å²) in [6.45, 7) is 6.35. The van der Waals surface area contributed by atoms with Crippen LogP contribution in [0.3, 0.4) is 0 Å². The fourth-order valence-corrected chi connectivity index (χ4v) is 3.30. The van der Waals surface area contributed by atoms with Gasteiger partial charge in [0.15, 0.2) is 0 Å². The SMILES string of the molecule is COc1ccc(C(CNC(=O)c2cc(C(C)C)nc3onc(C)c23)N(C)C)cc1. The molecule has 7 nitrogen and oxygen atoms in total. The molecule has 0 fully saturated rings. The second kappa shape index (κ2) is 8.61. The van der Waals surface area contributed by atoms with E-state index in [0.717, 1.165) is 17.0 Å². The van der Waals surface area contributed by atoms with Crippen molar-refractivity contribution in [3.8, 4) is 5.75 Å². The number of benzene rings is 1. The molecule has 154 valence electrons. The molecule has 29 heavy (non-hydrogen) atoms. The molecule has 0 aliphatic heterocycles. The van der Waals surface area contributed by atoms with Crippen LogP contribution in [0, 0.1) is 6.92 Å². The number of carbonyl (C=O) groups excluding carboxylic acids is 1. The standard InChI is InChI=1S/C22H28N4O3/c1-13(2)18-11-17(20-14(3)25-29-22(20)24-18)21(27)23-12-19(26(4)5)15-7-9-16(28-6)10-8-15/h7-11,13,19H,12H2,1-6H3,(H,23,27). The lowest BCUT2D eigenvalue weighted by molar-refractivity contribution is 0.0943. The van der Waals surface area contributed by atoms with Crippen molar-refractivity contribution in [2.24, 2.45) is 0 Å². The van der Waals surface area contributed by atoms with Gasteiger partial charge < -0.3 is 19.5 Å². The molecule has 0 aliphatic carbocycles. The molecule has 2 heterocycles. The van der Waals surface area contributed by atoms with Gasteiger partial charge in [0.25, 0.3) is 11.6 Å². The van der Waals surface area contributed by atoms with Crippen molar-refractivity contribution in [2.75, 3.05) is 27.7 Å². The molecule has 0 saturated carbocycles. The van der Waals surface area contributed by atoms with Crippen molar-refractivity contribution in [1.82, 2.24) is 20.4 Å². The van der Waals surface area contributed by atoms with Crippen molar-refractivity contribution < 1.29 is 14.1 Å². The highest BCUT2D eigenvalue weighted by molar-refractivity contribution is 6.06. The van der Waals surface area contributed by atoms with Crippen LogP contribution in [0.5, 0.6) is 5.75 Å². The van der Waals surface area contributed by atoms with E-state index in [1.807, 2.05) is 65.2 Å². The van der Waals surface area contributed by atoms with Gasteiger partial charge in [-0.05, 0) is 50.7 Å². The highest BCUT2D eigenvalue weighted by atomic mass is 16.5. The number of rotatable bonds is 7. The van der Waals surface area contributed by atoms with Crippen molar-refractivity contribution in [2.45, 2.75) is 32.7 Å². The zero-order chi connectivity index (χ0) is 21.1. The third-order valence-electron chi connectivity index (χ3n) is 5.05. The Morgan fingerprint density at radius 1 is 1.24 bits per heavy atom. The fourth-order valence-electron chi connectivity index (χ4n) is 3.30. The molecule has 7 heteroatoms. The number of hydrogen-bond acceptors (Lipinski definition) is 6. The highest BCUT2D eigenvalue weighted by Crippen LogP contribution is 2.26. The number of aryl methyl sites for hydroxylation is 1. The summed E-state index contributed by atoms with van der Waals surface area (Å²) in [6.07, 6.45) is 0. The molecule has 1 amide bonds. The molecule has 0 aliphatic rings. The average molecular weight is 396 g/mol. The Balaban J connectivity index is 1.86. The smallest absolute Gasteiger partial charge is 0.259 e. The van der Waals surface area contributed by atoms with Crippen LogP contribution in [0.1, 0.15) is 53.1 Å². The lowest BCUT2D eigenvalue weighted by atomic mass is 10.0. The molecule has 1 unspecified atom stereocenters. The first-order valence-electron chi connectivity index (χ1n) is 9.67. The van der Waals surface area contributed by atoms with E-state index in [1.54, 1.807) is 7.11 Å². The van der Waals surface area contributed by atoms with E-state index >= 15 is 0 Å². The van der Waals surface area contributed by atoms with Crippen LogP contribution < -0.4 is 10.1 Å². The Morgan fingerprint density at radius 2 is 1.93 bits per heavy atom. The van der Waals surface area contributed by atoms with Crippen molar-refractivity contribution in [1.29, 1.82) is 0 Å². The van der Waals surface area contributed by atoms with Crippen LogP contribution in [-0.2, 0) is 0 Å². The monoisotopic (exact) mass is 396 g/mol. The van der Waals surface area contributed by atoms with Crippen molar-refractivity contribution in [3.63, 3.8) is 0 Å². The van der Waals surface area contributed by atoms with E-state index in [9.17, 15) is 4.79 Å². The maximum Gasteiger partial charge on any atom is 0.259 e. The number of nitrogens with one attached hydrogen (secondary N) is 1. The lowest BCUT2D eigenvalue weighted by Gasteiger charge is -2.25. The third-order valence-corrected chi connectivity index (χ3v) is 5.05. The van der Waals surface area contributed by atoms with Gasteiger partial charge in [0.05, 0.1) is 29.8 Å². The van der Waals surface area contributed by atoms with E-state index in [4.69, 9.17) is 9.26 Å². The van der Waals surface area contributed by atoms with Crippen LogP contribution >= 0.6 is 0 Å². The predicted molar refractivity (Wildman–Crippen MR) is 112 cm³/mol. The summed E-state index contributed by atoms with van der Waals surface area (Å²) >= 11 is 0. The molecular formula is C22H28N4O3. The van der Waals surface area contributed by atoms with Gasteiger partial charge in [-0.15, -0.1) is 0 Å². The van der Waals surface area contributed by atoms with E-state index in [0.29, 0.717) is 28.9 Å². The number of pyridine rings is 1. The molecule has 0 radical (unpaired) electrons. The molecule has 3 rings (SSSR count). The van der Waals surface area contributed by atoms with Gasteiger partial charge in [-0.25, -0.2) is 4.98 Å². The Kier molecular flexibility index (Phi) is 6.17. The zero-order valence-electron chi connectivity index (χ0n) is 17.8. The van der Waals surface area contributed by atoms with Gasteiger partial charge >= 0.3 is 0 Å². The molecular weight excluding hydrogens is 368 g/mol. The largest absolute Gasteiger partial charge is 0.497 e. The summed E-state index contributed by atoms with van der Waals surface area (Å²) in [4.78, 5) is 19.7. The summed E-state index contributed by atoms with van der Waals surface area (Å²) in [7, 11) is 5.63. The van der Waals surface area contributed by atoms with Crippen molar-refractivity contribution >= 4 is 17.0 Å². The minimum atomic E-state index is -0.161. The quantitative estimate of drug-likeness (QED) is 0.656. The first kappa shape index (κ1) is 20.8. The summed E-state index contributed by atoms with van der Waals surface area (Å²) in [5.41, 5.74) is 3.51. The van der Waals surface area contributed by atoms with Gasteiger partial charge in [-0.3, -0.25) is 4.79 Å². The number of aromatic nitrogens is 2. The lowest BCUT2D eigenvalue weighted by Crippen LogP contribution is -2.34. The molecule has 3 aromatic rings. The highest BCUT2D eigenvalue weighted by Gasteiger charge is 2.21. The van der Waals surface area contributed by atoms with Crippen LogP contribution in [0.25, 0.3) is 11.1 Å². The van der Waals surface area contributed by atoms with E-state index in [-0.39, 0.29) is 17.9 Å². The Hall–Kier alpha value is -2.93. The molecule has 0 bridgehead atoms. The Morgan fingerprint density at radius 3 is 2.52 bits per heavy atom. The van der Waals surface area contributed by atoms with Crippen molar-refractivity contribution in [3.05, 3.63) is 52.8 Å². The van der Waals surface area contributed by atoms with Gasteiger partial charge in [-0.2, -0.15) is 0 Å². The zero-order valence-corrected chi connectivity index (χ0v) is 17.8. The summed E-state index contributed by atoms with van der Waals surface area (Å²) < 4.78 is 10.6. The first-order chi connectivity index (χ1) is 13.8. The second-order valence-electron chi connectivity index (χ2n) is 7.66. The molecule has 0 saturated heterocycles. The maximum absolute atomic E-state index is 13.1. The van der Waals surface area contributed by atoms with Crippen LogP contribution in [-0.4, -0.2) is 48.7 Å². The summed E-state index contributed by atoms with van der Waals surface area (Å²) in [6, 6.07) is 9.74. The van der Waals surface area contributed by atoms with Crippen LogP contribution in [0.2, 0.25) is 0 Å². The number of hydrogen-bond donors (Lipinski definition) is 1. The fraction of sp³-hybridized carbons (Fsp3) is 0.409. The number of likely N-dealkylation sites (N-methyl/N-ethyl adjacent to an activating group) is 1. The van der Waals surface area contributed by atoms with E-state index in [2.05, 4.69) is 20.4 Å². The molecule has 0 spiro atoms.